The molecule has 0 saturated heterocycles. The zero-order valence-electron chi connectivity index (χ0n) is 18.6. The molecule has 0 bridgehead atoms. The smallest absolute Gasteiger partial charge is 0.226 e. The van der Waals surface area contributed by atoms with E-state index in [1.54, 1.807) is 7.11 Å². The van der Waals surface area contributed by atoms with Crippen LogP contribution in [-0.2, 0) is 17.9 Å². The summed E-state index contributed by atoms with van der Waals surface area (Å²) in [5.41, 5.74) is 5.19. The minimum atomic E-state index is -0.0449. The van der Waals surface area contributed by atoms with Gasteiger partial charge < -0.3 is 20.1 Å². The Bertz CT molecular complexity index is 1010. The largest absolute Gasteiger partial charge is 0.493 e. The van der Waals surface area contributed by atoms with Gasteiger partial charge in [0, 0.05) is 23.8 Å². The summed E-state index contributed by atoms with van der Waals surface area (Å²) in [6.45, 7) is 6.96. The van der Waals surface area contributed by atoms with Gasteiger partial charge in [0.05, 0.1) is 7.11 Å². The summed E-state index contributed by atoms with van der Waals surface area (Å²) < 4.78 is 11.5. The van der Waals surface area contributed by atoms with Gasteiger partial charge in [0.15, 0.2) is 11.5 Å². The van der Waals surface area contributed by atoms with Crippen LogP contribution in [0.5, 0.6) is 11.5 Å². The van der Waals surface area contributed by atoms with Gasteiger partial charge in [0.2, 0.25) is 5.91 Å². The zero-order chi connectivity index (χ0) is 22.2. The van der Waals surface area contributed by atoms with E-state index >= 15 is 0 Å². The van der Waals surface area contributed by atoms with Crippen LogP contribution < -0.4 is 20.1 Å². The van der Waals surface area contributed by atoms with E-state index in [1.165, 1.54) is 5.56 Å². The van der Waals surface area contributed by atoms with E-state index in [1.807, 2.05) is 62.4 Å². The van der Waals surface area contributed by atoms with Crippen molar-refractivity contribution in [2.45, 2.75) is 33.9 Å². The van der Waals surface area contributed by atoms with E-state index in [9.17, 15) is 4.79 Å². The molecule has 0 atom stereocenters. The minimum absolute atomic E-state index is 0.0116. The van der Waals surface area contributed by atoms with Gasteiger partial charge in [-0.2, -0.15) is 0 Å². The second-order valence-corrected chi connectivity index (χ2v) is 7.84. The minimum Gasteiger partial charge on any atom is -0.493 e. The maximum atomic E-state index is 11.8. The van der Waals surface area contributed by atoms with Crippen molar-refractivity contribution in [2.75, 3.05) is 17.7 Å². The predicted molar refractivity (Wildman–Crippen MR) is 126 cm³/mol. The zero-order valence-corrected chi connectivity index (χ0v) is 18.6. The van der Waals surface area contributed by atoms with Crippen LogP contribution >= 0.6 is 0 Å². The first-order valence-corrected chi connectivity index (χ1v) is 10.4. The molecule has 0 unspecified atom stereocenters. The number of anilines is 2. The fourth-order valence-electron chi connectivity index (χ4n) is 3.07. The van der Waals surface area contributed by atoms with Crippen LogP contribution in [0, 0.1) is 12.8 Å². The van der Waals surface area contributed by atoms with Gasteiger partial charge in [-0.3, -0.25) is 4.79 Å². The Labute approximate surface area is 184 Å². The fourth-order valence-corrected chi connectivity index (χ4v) is 3.07. The Kier molecular flexibility index (Phi) is 7.55. The molecule has 0 spiro atoms. The van der Waals surface area contributed by atoms with E-state index in [0.717, 1.165) is 28.3 Å². The summed E-state index contributed by atoms with van der Waals surface area (Å²) >= 11 is 0. The normalized spacial score (nSPS) is 10.6. The van der Waals surface area contributed by atoms with Crippen molar-refractivity contribution in [1.29, 1.82) is 0 Å². The van der Waals surface area contributed by atoms with Gasteiger partial charge in [-0.15, -0.1) is 0 Å². The number of ether oxygens (including phenoxy) is 2. The molecular weight excluding hydrogens is 388 g/mol. The van der Waals surface area contributed by atoms with Crippen molar-refractivity contribution in [3.63, 3.8) is 0 Å². The highest BCUT2D eigenvalue weighted by molar-refractivity contribution is 5.92. The number of aryl methyl sites for hydroxylation is 1. The third kappa shape index (κ3) is 6.51. The van der Waals surface area contributed by atoms with E-state index in [-0.39, 0.29) is 11.8 Å². The summed E-state index contributed by atoms with van der Waals surface area (Å²) in [6, 6.07) is 21.9. The molecule has 0 aliphatic carbocycles. The quantitative estimate of drug-likeness (QED) is 0.462. The summed E-state index contributed by atoms with van der Waals surface area (Å²) in [7, 11) is 1.65. The molecule has 0 aliphatic rings. The Balaban J connectivity index is 1.57. The number of nitrogens with one attached hydrogen (secondary N) is 2. The molecule has 3 aromatic carbocycles. The maximum Gasteiger partial charge on any atom is 0.226 e. The van der Waals surface area contributed by atoms with Crippen LogP contribution in [0.2, 0.25) is 0 Å². The number of carbonyl (C=O) groups is 1. The molecule has 5 heteroatoms. The number of amides is 1. The molecule has 1 amide bonds. The molecule has 5 nitrogen and oxygen atoms in total. The molecule has 3 aromatic rings. The lowest BCUT2D eigenvalue weighted by atomic mass is 10.1. The molecule has 0 heterocycles. The molecule has 0 aromatic heterocycles. The van der Waals surface area contributed by atoms with E-state index in [0.29, 0.717) is 18.9 Å². The predicted octanol–water partition coefficient (Wildman–Crippen LogP) is 5.79. The van der Waals surface area contributed by atoms with Crippen molar-refractivity contribution in [2.24, 2.45) is 5.92 Å². The number of rotatable bonds is 9. The Morgan fingerprint density at radius 2 is 1.65 bits per heavy atom. The van der Waals surface area contributed by atoms with E-state index < -0.39 is 0 Å². The Hall–Kier alpha value is -3.47. The first kappa shape index (κ1) is 22.2. The van der Waals surface area contributed by atoms with E-state index in [2.05, 4.69) is 35.8 Å². The van der Waals surface area contributed by atoms with Gasteiger partial charge in [0.25, 0.3) is 0 Å². The van der Waals surface area contributed by atoms with Crippen molar-refractivity contribution in [3.05, 3.63) is 83.4 Å². The van der Waals surface area contributed by atoms with Gasteiger partial charge in [-0.1, -0.05) is 49.7 Å². The van der Waals surface area contributed by atoms with Gasteiger partial charge >= 0.3 is 0 Å². The molecule has 3 rings (SSSR count). The highest BCUT2D eigenvalue weighted by atomic mass is 16.5. The van der Waals surface area contributed by atoms with Crippen LogP contribution in [0.3, 0.4) is 0 Å². The molecule has 162 valence electrons. The summed E-state index contributed by atoms with van der Waals surface area (Å²) in [5.74, 6) is 1.39. The Morgan fingerprint density at radius 3 is 2.32 bits per heavy atom. The lowest BCUT2D eigenvalue weighted by Crippen LogP contribution is -2.17. The van der Waals surface area contributed by atoms with Crippen LogP contribution in [0.25, 0.3) is 0 Å². The number of hydrogen-bond acceptors (Lipinski definition) is 4. The first-order valence-electron chi connectivity index (χ1n) is 10.4. The number of carbonyl (C=O) groups excluding carboxylic acids is 1. The highest BCUT2D eigenvalue weighted by Crippen LogP contribution is 2.29. The monoisotopic (exact) mass is 418 g/mol. The first-order chi connectivity index (χ1) is 14.9. The number of hydrogen-bond donors (Lipinski definition) is 2. The topological polar surface area (TPSA) is 59.6 Å². The summed E-state index contributed by atoms with van der Waals surface area (Å²) in [4.78, 5) is 11.8. The van der Waals surface area contributed by atoms with Crippen LogP contribution in [0.15, 0.2) is 66.7 Å². The molecular formula is C26H30N2O3. The lowest BCUT2D eigenvalue weighted by molar-refractivity contribution is -0.118. The van der Waals surface area contributed by atoms with Gasteiger partial charge in [-0.05, 0) is 54.4 Å². The third-order valence-electron chi connectivity index (χ3n) is 4.88. The van der Waals surface area contributed by atoms with Gasteiger partial charge in [0.1, 0.15) is 6.61 Å². The average Bonchev–Trinajstić information content (AvgIpc) is 2.77. The Morgan fingerprint density at radius 1 is 0.903 bits per heavy atom. The molecule has 0 radical (unpaired) electrons. The molecule has 2 N–H and O–H groups in total. The lowest BCUT2D eigenvalue weighted by Gasteiger charge is -2.14. The molecule has 0 saturated carbocycles. The average molecular weight is 419 g/mol. The fraction of sp³-hybridized carbons (Fsp3) is 0.269. The third-order valence-corrected chi connectivity index (χ3v) is 4.88. The standard InChI is InChI=1S/C26H30N2O3/c1-18(2)26(29)28-23-11-9-22(10-12-23)27-16-20-8-13-24(25(15-20)30-4)31-17-21-7-5-6-19(3)14-21/h5-15,18,27H,16-17H2,1-4H3,(H,28,29). The van der Waals surface area contributed by atoms with Crippen molar-refractivity contribution >= 4 is 17.3 Å². The second-order valence-electron chi connectivity index (χ2n) is 7.84. The van der Waals surface area contributed by atoms with Crippen LogP contribution in [0.1, 0.15) is 30.5 Å². The summed E-state index contributed by atoms with van der Waals surface area (Å²) in [6.07, 6.45) is 0. The highest BCUT2D eigenvalue weighted by Gasteiger charge is 2.08. The second kappa shape index (κ2) is 10.5. The SMILES string of the molecule is COc1cc(CNc2ccc(NC(=O)C(C)C)cc2)ccc1OCc1cccc(C)c1. The van der Waals surface area contributed by atoms with Crippen LogP contribution in [-0.4, -0.2) is 13.0 Å². The van der Waals surface area contributed by atoms with E-state index in [4.69, 9.17) is 9.47 Å². The maximum absolute atomic E-state index is 11.8. The number of methoxy groups -OCH3 is 1. The van der Waals surface area contributed by atoms with Crippen molar-refractivity contribution in [3.8, 4) is 11.5 Å². The van der Waals surface area contributed by atoms with Gasteiger partial charge in [-0.25, -0.2) is 0 Å². The molecule has 0 fully saturated rings. The number of benzene rings is 3. The molecule has 31 heavy (non-hydrogen) atoms. The van der Waals surface area contributed by atoms with Crippen molar-refractivity contribution in [1.82, 2.24) is 0 Å². The van der Waals surface area contributed by atoms with Crippen LogP contribution in [0.4, 0.5) is 11.4 Å². The van der Waals surface area contributed by atoms with Crippen molar-refractivity contribution < 1.29 is 14.3 Å². The molecule has 0 aliphatic heterocycles. The summed E-state index contributed by atoms with van der Waals surface area (Å²) in [5, 5.41) is 6.28.